The van der Waals surface area contributed by atoms with Gasteiger partial charge in [-0.2, -0.15) is 0 Å². The Kier molecular flexibility index (Phi) is 3.04. The molecule has 3 unspecified atom stereocenters. The lowest BCUT2D eigenvalue weighted by Gasteiger charge is -2.51. The highest BCUT2D eigenvalue weighted by atomic mass is 16.5. The summed E-state index contributed by atoms with van der Waals surface area (Å²) in [5.41, 5.74) is 3.35. The van der Waals surface area contributed by atoms with Crippen molar-refractivity contribution in [2.45, 2.75) is 32.6 Å². The zero-order valence-electron chi connectivity index (χ0n) is 9.57. The standard InChI is InChI=1S/C12H19NO3/c1-2-8-3-9-5-12(7-13-16,6-11(14)15)10(9)4-8/h4,9-10,13,16H,2-3,5-7H2,1H3,(H,14,15). The van der Waals surface area contributed by atoms with Gasteiger partial charge in [0.25, 0.3) is 0 Å². The second-order valence-corrected chi connectivity index (χ2v) is 5.14. The van der Waals surface area contributed by atoms with Crippen LogP contribution in [0.5, 0.6) is 0 Å². The average molecular weight is 225 g/mol. The Labute approximate surface area is 95.3 Å². The number of carboxylic acids is 1. The molecule has 0 aromatic heterocycles. The number of hydroxylamine groups is 1. The molecule has 0 spiro atoms. The Bertz CT molecular complexity index is 326. The summed E-state index contributed by atoms with van der Waals surface area (Å²) in [6, 6.07) is 0. The lowest BCUT2D eigenvalue weighted by Crippen LogP contribution is -2.52. The zero-order chi connectivity index (χ0) is 11.8. The molecule has 1 saturated carbocycles. The van der Waals surface area contributed by atoms with Gasteiger partial charge in [-0.05, 0) is 31.1 Å². The molecule has 90 valence electrons. The molecule has 1 fully saturated rings. The number of rotatable bonds is 5. The summed E-state index contributed by atoms with van der Waals surface area (Å²) in [5, 5.41) is 17.8. The van der Waals surface area contributed by atoms with Crippen molar-refractivity contribution in [2.24, 2.45) is 17.3 Å². The summed E-state index contributed by atoms with van der Waals surface area (Å²) in [4.78, 5) is 10.9. The summed E-state index contributed by atoms with van der Waals surface area (Å²) in [7, 11) is 0. The Morgan fingerprint density at radius 2 is 2.44 bits per heavy atom. The van der Waals surface area contributed by atoms with Crippen LogP contribution in [0.1, 0.15) is 32.6 Å². The van der Waals surface area contributed by atoms with Gasteiger partial charge in [0.15, 0.2) is 0 Å². The topological polar surface area (TPSA) is 69.6 Å². The average Bonchev–Trinajstić information content (AvgIpc) is 2.55. The minimum absolute atomic E-state index is 0.148. The van der Waals surface area contributed by atoms with E-state index in [0.29, 0.717) is 18.4 Å². The molecule has 0 aromatic carbocycles. The summed E-state index contributed by atoms with van der Waals surface area (Å²) in [5.74, 6) is 0.188. The molecule has 0 saturated heterocycles. The third-order valence-electron chi connectivity index (χ3n) is 4.21. The van der Waals surface area contributed by atoms with Gasteiger partial charge in [0.05, 0.1) is 6.42 Å². The quantitative estimate of drug-likeness (QED) is 0.493. The molecule has 0 amide bonds. The molecule has 4 nitrogen and oxygen atoms in total. The molecule has 4 heteroatoms. The van der Waals surface area contributed by atoms with Gasteiger partial charge >= 0.3 is 5.97 Å². The molecule has 3 atom stereocenters. The summed E-state index contributed by atoms with van der Waals surface area (Å²) in [6.07, 6.45) is 5.48. The van der Waals surface area contributed by atoms with E-state index in [1.807, 2.05) is 0 Å². The van der Waals surface area contributed by atoms with Crippen molar-refractivity contribution in [1.29, 1.82) is 0 Å². The van der Waals surface area contributed by atoms with Crippen LogP contribution in [0.15, 0.2) is 11.6 Å². The Morgan fingerprint density at radius 1 is 1.69 bits per heavy atom. The predicted octanol–water partition coefficient (Wildman–Crippen LogP) is 1.80. The molecule has 2 aliphatic carbocycles. The highest BCUT2D eigenvalue weighted by Gasteiger charge is 2.55. The number of nitrogens with one attached hydrogen (secondary N) is 1. The third kappa shape index (κ3) is 1.76. The van der Waals surface area contributed by atoms with Crippen LogP contribution < -0.4 is 5.48 Å². The third-order valence-corrected chi connectivity index (χ3v) is 4.21. The lowest BCUT2D eigenvalue weighted by molar-refractivity contribution is -0.145. The Hall–Kier alpha value is -0.870. The highest BCUT2D eigenvalue weighted by molar-refractivity contribution is 5.68. The second kappa shape index (κ2) is 4.18. The van der Waals surface area contributed by atoms with Gasteiger partial charge in [0, 0.05) is 12.0 Å². The number of hydrogen-bond donors (Lipinski definition) is 3. The number of hydrogen-bond acceptors (Lipinski definition) is 3. The molecule has 0 radical (unpaired) electrons. The van der Waals surface area contributed by atoms with Crippen LogP contribution in [-0.2, 0) is 4.79 Å². The fourth-order valence-electron chi connectivity index (χ4n) is 3.46. The molecule has 0 aliphatic heterocycles. The van der Waals surface area contributed by atoms with Crippen molar-refractivity contribution < 1.29 is 15.1 Å². The van der Waals surface area contributed by atoms with Crippen molar-refractivity contribution in [2.75, 3.05) is 6.54 Å². The van der Waals surface area contributed by atoms with Crippen LogP contribution in [0, 0.1) is 17.3 Å². The maximum atomic E-state index is 10.9. The second-order valence-electron chi connectivity index (χ2n) is 5.14. The van der Waals surface area contributed by atoms with Crippen molar-refractivity contribution in [3.8, 4) is 0 Å². The van der Waals surface area contributed by atoms with Crippen LogP contribution in [-0.4, -0.2) is 22.8 Å². The molecule has 2 rings (SSSR count). The van der Waals surface area contributed by atoms with Crippen LogP contribution >= 0.6 is 0 Å². The summed E-state index contributed by atoms with van der Waals surface area (Å²) >= 11 is 0. The van der Waals surface area contributed by atoms with E-state index in [0.717, 1.165) is 19.3 Å². The van der Waals surface area contributed by atoms with Gasteiger partial charge in [-0.25, -0.2) is 5.48 Å². The Morgan fingerprint density at radius 3 is 3.00 bits per heavy atom. The molecule has 2 aliphatic rings. The Balaban J connectivity index is 2.11. The van der Waals surface area contributed by atoms with Crippen molar-refractivity contribution in [1.82, 2.24) is 5.48 Å². The maximum Gasteiger partial charge on any atom is 0.303 e. The van der Waals surface area contributed by atoms with E-state index in [2.05, 4.69) is 18.5 Å². The van der Waals surface area contributed by atoms with E-state index < -0.39 is 5.97 Å². The molecule has 16 heavy (non-hydrogen) atoms. The fourth-order valence-corrected chi connectivity index (χ4v) is 3.46. The van der Waals surface area contributed by atoms with E-state index in [9.17, 15) is 4.79 Å². The first-order chi connectivity index (χ1) is 7.61. The van der Waals surface area contributed by atoms with E-state index in [4.69, 9.17) is 10.3 Å². The molecular weight excluding hydrogens is 206 g/mol. The number of aliphatic carboxylic acids is 1. The maximum absolute atomic E-state index is 10.9. The largest absolute Gasteiger partial charge is 0.481 e. The lowest BCUT2D eigenvalue weighted by atomic mass is 9.53. The van der Waals surface area contributed by atoms with Gasteiger partial charge < -0.3 is 10.3 Å². The van der Waals surface area contributed by atoms with E-state index in [1.54, 1.807) is 0 Å². The minimum Gasteiger partial charge on any atom is -0.481 e. The molecule has 3 N–H and O–H groups in total. The first-order valence-corrected chi connectivity index (χ1v) is 5.89. The highest BCUT2D eigenvalue weighted by Crippen LogP contribution is 2.59. The molecule has 0 aromatic rings. The molecule has 0 bridgehead atoms. The van der Waals surface area contributed by atoms with Crippen molar-refractivity contribution in [3.05, 3.63) is 11.6 Å². The number of carboxylic acid groups (broad SMARTS) is 1. The zero-order valence-corrected chi connectivity index (χ0v) is 9.57. The van der Waals surface area contributed by atoms with Crippen LogP contribution in [0.4, 0.5) is 0 Å². The van der Waals surface area contributed by atoms with E-state index in [-0.39, 0.29) is 11.8 Å². The van der Waals surface area contributed by atoms with Gasteiger partial charge in [0.2, 0.25) is 0 Å². The summed E-state index contributed by atoms with van der Waals surface area (Å²) < 4.78 is 0. The number of carbonyl (C=O) groups is 1. The summed E-state index contributed by atoms with van der Waals surface area (Å²) in [6.45, 7) is 2.52. The fraction of sp³-hybridized carbons (Fsp3) is 0.750. The van der Waals surface area contributed by atoms with Gasteiger partial charge in [0.1, 0.15) is 0 Å². The van der Waals surface area contributed by atoms with Crippen LogP contribution in [0.3, 0.4) is 0 Å². The SMILES string of the molecule is CCC1=CC2C(C1)CC2(CNO)CC(=O)O. The van der Waals surface area contributed by atoms with Gasteiger partial charge in [-0.3, -0.25) is 4.79 Å². The van der Waals surface area contributed by atoms with Gasteiger partial charge in [-0.1, -0.05) is 18.6 Å². The van der Waals surface area contributed by atoms with Crippen molar-refractivity contribution >= 4 is 5.97 Å². The predicted molar refractivity (Wildman–Crippen MR) is 59.1 cm³/mol. The van der Waals surface area contributed by atoms with Gasteiger partial charge in [-0.15, -0.1) is 0 Å². The first-order valence-electron chi connectivity index (χ1n) is 5.89. The molecular formula is C12H19NO3. The smallest absolute Gasteiger partial charge is 0.303 e. The van der Waals surface area contributed by atoms with Crippen LogP contribution in [0.25, 0.3) is 0 Å². The molecule has 0 heterocycles. The monoisotopic (exact) mass is 225 g/mol. The number of allylic oxidation sites excluding steroid dienone is 2. The van der Waals surface area contributed by atoms with E-state index >= 15 is 0 Å². The first kappa shape index (κ1) is 11.6. The number of fused-ring (bicyclic) bond motifs is 1. The van der Waals surface area contributed by atoms with Crippen molar-refractivity contribution in [3.63, 3.8) is 0 Å². The normalized spacial score (nSPS) is 36.5. The van der Waals surface area contributed by atoms with E-state index in [1.165, 1.54) is 5.57 Å². The minimum atomic E-state index is -0.771. The van der Waals surface area contributed by atoms with Crippen LogP contribution in [0.2, 0.25) is 0 Å².